The van der Waals surface area contributed by atoms with Crippen molar-refractivity contribution in [1.82, 2.24) is 10.2 Å². The van der Waals surface area contributed by atoms with E-state index in [1.807, 2.05) is 12.1 Å². The van der Waals surface area contributed by atoms with Crippen LogP contribution in [0.15, 0.2) is 36.4 Å². The molecular formula is C17H19F3N4O. The zero-order valence-electron chi connectivity index (χ0n) is 13.5. The van der Waals surface area contributed by atoms with E-state index in [-0.39, 0.29) is 5.88 Å². The number of ether oxygens (including phenoxy) is 1. The van der Waals surface area contributed by atoms with Crippen LogP contribution in [0.1, 0.15) is 23.6 Å². The molecule has 0 spiro atoms. The summed E-state index contributed by atoms with van der Waals surface area (Å²) in [6, 6.07) is 11.2. The molecule has 1 aromatic heterocycles. The number of hydrogen-bond donors (Lipinski definition) is 1. The summed E-state index contributed by atoms with van der Waals surface area (Å²) in [5.41, 5.74) is 8.78. The molecule has 1 aliphatic heterocycles. The molecule has 0 fully saturated rings. The Hall–Kier alpha value is -2.35. The van der Waals surface area contributed by atoms with Gasteiger partial charge in [-0.15, -0.1) is 5.10 Å². The van der Waals surface area contributed by atoms with Gasteiger partial charge >= 0.3 is 6.18 Å². The van der Waals surface area contributed by atoms with Gasteiger partial charge in [0.25, 0.3) is 0 Å². The minimum Gasteiger partial charge on any atom is -0.467 e. The zero-order valence-corrected chi connectivity index (χ0v) is 13.5. The first-order valence-electron chi connectivity index (χ1n) is 8.02. The summed E-state index contributed by atoms with van der Waals surface area (Å²) in [6.07, 6.45) is -3.49. The van der Waals surface area contributed by atoms with Gasteiger partial charge in [-0.1, -0.05) is 18.2 Å². The Morgan fingerprint density at radius 2 is 1.96 bits per heavy atom. The van der Waals surface area contributed by atoms with Crippen molar-refractivity contribution in [1.29, 1.82) is 0 Å². The number of halogens is 3. The van der Waals surface area contributed by atoms with Crippen LogP contribution >= 0.6 is 0 Å². The SMILES string of the molecule is NCCC1CN(Cc2ccc(OCC(F)(F)F)nn2)c2ccccc21. The molecule has 0 aliphatic carbocycles. The van der Waals surface area contributed by atoms with Crippen molar-refractivity contribution in [3.05, 3.63) is 47.7 Å². The van der Waals surface area contributed by atoms with Crippen LogP contribution in [0.5, 0.6) is 5.88 Å². The molecular weight excluding hydrogens is 333 g/mol. The average Bonchev–Trinajstić information content (AvgIpc) is 2.92. The fraction of sp³-hybridized carbons (Fsp3) is 0.412. The van der Waals surface area contributed by atoms with Crippen LogP contribution in [0.2, 0.25) is 0 Å². The summed E-state index contributed by atoms with van der Waals surface area (Å²) in [5.74, 6) is 0.243. The number of hydrogen-bond acceptors (Lipinski definition) is 5. The molecule has 0 saturated carbocycles. The minimum absolute atomic E-state index is 0.135. The second-order valence-corrected chi connectivity index (χ2v) is 5.98. The van der Waals surface area contributed by atoms with E-state index in [4.69, 9.17) is 5.73 Å². The third-order valence-electron chi connectivity index (χ3n) is 4.11. The second kappa shape index (κ2) is 7.26. The van der Waals surface area contributed by atoms with E-state index >= 15 is 0 Å². The lowest BCUT2D eigenvalue weighted by Crippen LogP contribution is -2.23. The lowest BCUT2D eigenvalue weighted by Gasteiger charge is -2.19. The number of para-hydroxylation sites is 1. The number of nitrogens with two attached hydrogens (primary N) is 1. The third kappa shape index (κ3) is 4.39. The molecule has 25 heavy (non-hydrogen) atoms. The fourth-order valence-corrected chi connectivity index (χ4v) is 3.04. The van der Waals surface area contributed by atoms with Crippen LogP contribution in [0.4, 0.5) is 18.9 Å². The normalized spacial score (nSPS) is 16.8. The van der Waals surface area contributed by atoms with Crippen molar-refractivity contribution < 1.29 is 17.9 Å². The summed E-state index contributed by atoms with van der Waals surface area (Å²) in [4.78, 5) is 2.19. The summed E-state index contributed by atoms with van der Waals surface area (Å²) >= 11 is 0. The van der Waals surface area contributed by atoms with Crippen LogP contribution in [0, 0.1) is 0 Å². The first-order valence-corrected chi connectivity index (χ1v) is 8.02. The molecule has 1 aliphatic rings. The number of fused-ring (bicyclic) bond motifs is 1. The van der Waals surface area contributed by atoms with Crippen LogP contribution in [-0.4, -0.2) is 36.1 Å². The number of anilines is 1. The molecule has 1 unspecified atom stereocenters. The maximum atomic E-state index is 12.1. The molecule has 8 heteroatoms. The lowest BCUT2D eigenvalue weighted by molar-refractivity contribution is -0.154. The molecule has 134 valence electrons. The first kappa shape index (κ1) is 17.5. The van der Waals surface area contributed by atoms with E-state index in [1.165, 1.54) is 11.6 Å². The van der Waals surface area contributed by atoms with Gasteiger partial charge in [0, 0.05) is 24.2 Å². The Morgan fingerprint density at radius 3 is 2.64 bits per heavy atom. The van der Waals surface area contributed by atoms with Gasteiger partial charge in [-0.2, -0.15) is 18.3 Å². The largest absolute Gasteiger partial charge is 0.467 e. The van der Waals surface area contributed by atoms with Gasteiger partial charge in [0.2, 0.25) is 5.88 Å². The van der Waals surface area contributed by atoms with E-state index in [1.54, 1.807) is 6.07 Å². The lowest BCUT2D eigenvalue weighted by atomic mass is 9.98. The quantitative estimate of drug-likeness (QED) is 0.866. The summed E-state index contributed by atoms with van der Waals surface area (Å²) in [7, 11) is 0. The highest BCUT2D eigenvalue weighted by Crippen LogP contribution is 2.38. The van der Waals surface area contributed by atoms with Crippen molar-refractivity contribution in [2.45, 2.75) is 25.1 Å². The van der Waals surface area contributed by atoms with E-state index < -0.39 is 12.8 Å². The van der Waals surface area contributed by atoms with Crippen molar-refractivity contribution in [3.8, 4) is 5.88 Å². The Kier molecular flexibility index (Phi) is 5.08. The predicted molar refractivity (Wildman–Crippen MR) is 87.5 cm³/mol. The van der Waals surface area contributed by atoms with Gasteiger partial charge in [0.05, 0.1) is 12.2 Å². The van der Waals surface area contributed by atoms with Crippen molar-refractivity contribution >= 4 is 5.69 Å². The third-order valence-corrected chi connectivity index (χ3v) is 4.11. The van der Waals surface area contributed by atoms with E-state index in [0.717, 1.165) is 18.7 Å². The molecule has 1 aromatic carbocycles. The molecule has 0 amide bonds. The van der Waals surface area contributed by atoms with Crippen molar-refractivity contribution in [3.63, 3.8) is 0 Å². The standard InChI is InChI=1S/C17H19F3N4O/c18-17(19,20)11-25-16-6-5-13(22-23-16)10-24-9-12(7-8-21)14-3-1-2-4-15(14)24/h1-6,12H,7-11,21H2. The van der Waals surface area contributed by atoms with E-state index in [9.17, 15) is 13.2 Å². The number of nitrogens with zero attached hydrogens (tertiary/aromatic N) is 3. The summed E-state index contributed by atoms with van der Waals surface area (Å²) in [6.45, 7) is 0.619. The number of benzene rings is 1. The summed E-state index contributed by atoms with van der Waals surface area (Å²) in [5, 5.41) is 7.69. The Morgan fingerprint density at radius 1 is 1.16 bits per heavy atom. The highest BCUT2D eigenvalue weighted by atomic mass is 19.4. The zero-order chi connectivity index (χ0) is 17.9. The van der Waals surface area contributed by atoms with Crippen molar-refractivity contribution in [2.24, 2.45) is 5.73 Å². The summed E-state index contributed by atoms with van der Waals surface area (Å²) < 4.78 is 41.0. The maximum Gasteiger partial charge on any atom is 0.422 e. The molecule has 2 heterocycles. The van der Waals surface area contributed by atoms with Crippen LogP contribution in [-0.2, 0) is 6.54 Å². The average molecular weight is 352 g/mol. The van der Waals surface area contributed by atoms with Crippen LogP contribution in [0.25, 0.3) is 0 Å². The number of aromatic nitrogens is 2. The molecule has 1 atom stereocenters. The molecule has 3 rings (SSSR count). The van der Waals surface area contributed by atoms with Gasteiger partial charge in [0.15, 0.2) is 6.61 Å². The maximum absolute atomic E-state index is 12.1. The minimum atomic E-state index is -4.39. The Labute approximate surface area is 143 Å². The van der Waals surface area contributed by atoms with E-state index in [2.05, 4.69) is 32.0 Å². The highest BCUT2D eigenvalue weighted by molar-refractivity contribution is 5.60. The van der Waals surface area contributed by atoms with Gasteiger partial charge in [-0.3, -0.25) is 0 Å². The molecule has 0 bridgehead atoms. The monoisotopic (exact) mass is 352 g/mol. The molecule has 0 radical (unpaired) electrons. The van der Waals surface area contributed by atoms with Gasteiger partial charge in [0.1, 0.15) is 0 Å². The van der Waals surface area contributed by atoms with Gasteiger partial charge in [-0.05, 0) is 30.7 Å². The van der Waals surface area contributed by atoms with Gasteiger partial charge < -0.3 is 15.4 Å². The topological polar surface area (TPSA) is 64.3 Å². The van der Waals surface area contributed by atoms with Gasteiger partial charge in [-0.25, -0.2) is 0 Å². The Balaban J connectivity index is 1.66. The molecule has 0 saturated heterocycles. The smallest absolute Gasteiger partial charge is 0.422 e. The highest BCUT2D eigenvalue weighted by Gasteiger charge is 2.29. The fourth-order valence-electron chi connectivity index (χ4n) is 3.04. The van der Waals surface area contributed by atoms with Crippen molar-refractivity contribution in [2.75, 3.05) is 24.6 Å². The van der Waals surface area contributed by atoms with Crippen LogP contribution in [0.3, 0.4) is 0 Å². The first-order chi connectivity index (χ1) is 12.0. The van der Waals surface area contributed by atoms with Crippen LogP contribution < -0.4 is 15.4 Å². The number of rotatable bonds is 6. The Bertz CT molecular complexity index is 706. The molecule has 2 N–H and O–H groups in total. The van der Waals surface area contributed by atoms with E-state index in [0.29, 0.717) is 24.7 Å². The predicted octanol–water partition coefficient (Wildman–Crippen LogP) is 2.87. The number of alkyl halides is 3. The second-order valence-electron chi connectivity index (χ2n) is 5.98. The molecule has 2 aromatic rings. The molecule has 5 nitrogen and oxygen atoms in total.